The number of amides is 1. The molecular formula is C28H28ClN3O6S. The fourth-order valence-electron chi connectivity index (χ4n) is 4.12. The number of nitrogens with two attached hydrogens (primary N) is 1. The number of carbonyl (C=O) groups is 2. The van der Waals surface area contributed by atoms with Crippen LogP contribution in [0.15, 0.2) is 63.5 Å². The van der Waals surface area contributed by atoms with Gasteiger partial charge in [0.1, 0.15) is 0 Å². The van der Waals surface area contributed by atoms with Gasteiger partial charge in [-0.25, -0.2) is 9.79 Å². The third-order valence-corrected chi connectivity index (χ3v) is 6.94. The molecule has 1 unspecified atom stereocenters. The number of ether oxygens (including phenoxy) is 3. The molecule has 0 bridgehead atoms. The van der Waals surface area contributed by atoms with Crippen molar-refractivity contribution in [1.29, 1.82) is 0 Å². The highest BCUT2D eigenvalue weighted by molar-refractivity contribution is 7.07. The predicted octanol–water partition coefficient (Wildman–Crippen LogP) is 3.10. The molecule has 4 rings (SSSR count). The number of halogens is 1. The quantitative estimate of drug-likeness (QED) is 0.395. The Labute approximate surface area is 233 Å². The second-order valence-corrected chi connectivity index (χ2v) is 10.4. The van der Waals surface area contributed by atoms with Crippen molar-refractivity contribution in [3.63, 3.8) is 0 Å². The molecule has 2 heterocycles. The van der Waals surface area contributed by atoms with Crippen LogP contribution in [0.2, 0.25) is 5.02 Å². The summed E-state index contributed by atoms with van der Waals surface area (Å²) < 4.78 is 18.5. The smallest absolute Gasteiger partial charge is 0.338 e. The molecule has 9 nitrogen and oxygen atoms in total. The summed E-state index contributed by atoms with van der Waals surface area (Å²) in [6.45, 7) is 7.17. The predicted molar refractivity (Wildman–Crippen MR) is 149 cm³/mol. The van der Waals surface area contributed by atoms with E-state index < -0.39 is 17.9 Å². The van der Waals surface area contributed by atoms with Crippen molar-refractivity contribution in [2.75, 3.05) is 13.2 Å². The molecule has 1 atom stereocenters. The Hall–Kier alpha value is -3.89. The minimum absolute atomic E-state index is 0.288. The lowest BCUT2D eigenvalue weighted by atomic mass is 9.96. The second-order valence-electron chi connectivity index (χ2n) is 8.98. The molecule has 11 heteroatoms. The number of primary amides is 1. The van der Waals surface area contributed by atoms with E-state index in [-0.39, 0.29) is 18.3 Å². The Morgan fingerprint density at radius 3 is 2.51 bits per heavy atom. The van der Waals surface area contributed by atoms with Crippen molar-refractivity contribution < 1.29 is 23.8 Å². The Bertz CT molecular complexity index is 1620. The van der Waals surface area contributed by atoms with Crippen molar-refractivity contribution in [3.05, 3.63) is 89.6 Å². The van der Waals surface area contributed by atoms with Gasteiger partial charge in [0, 0.05) is 5.02 Å². The van der Waals surface area contributed by atoms with Crippen LogP contribution in [0, 0.1) is 0 Å². The van der Waals surface area contributed by atoms with E-state index in [4.69, 9.17) is 31.5 Å². The number of carbonyl (C=O) groups excluding carboxylic acids is 2. The monoisotopic (exact) mass is 569 g/mol. The maximum absolute atomic E-state index is 13.8. The van der Waals surface area contributed by atoms with Gasteiger partial charge in [0.15, 0.2) is 22.9 Å². The van der Waals surface area contributed by atoms with Crippen molar-refractivity contribution >= 4 is 40.9 Å². The minimum Gasteiger partial charge on any atom is -0.490 e. The summed E-state index contributed by atoms with van der Waals surface area (Å²) in [5, 5.41) is 0.534. The third kappa shape index (κ3) is 6.23. The highest BCUT2D eigenvalue weighted by Crippen LogP contribution is 2.32. The van der Waals surface area contributed by atoms with Crippen molar-refractivity contribution in [1.82, 2.24) is 4.57 Å². The van der Waals surface area contributed by atoms with E-state index in [1.807, 2.05) is 6.92 Å². The highest BCUT2D eigenvalue weighted by atomic mass is 35.5. The molecule has 0 aliphatic carbocycles. The first kappa shape index (κ1) is 28.1. The number of nitrogens with zero attached hydrogens (tertiary/aromatic N) is 2. The second kappa shape index (κ2) is 11.9. The van der Waals surface area contributed by atoms with E-state index in [1.165, 1.54) is 15.9 Å². The summed E-state index contributed by atoms with van der Waals surface area (Å²) in [5.41, 5.74) is 7.02. The van der Waals surface area contributed by atoms with Crippen LogP contribution in [0.3, 0.4) is 0 Å². The number of hydrogen-bond donors (Lipinski definition) is 1. The SMILES string of the molecule is CCOc1cc(C=c2sc3n(c2=O)C(c2ccc(Cl)cc2)C(C(=O)OC(C)C)=C(C)N=3)ccc1OCC(N)=O. The lowest BCUT2D eigenvalue weighted by Crippen LogP contribution is -2.40. The van der Waals surface area contributed by atoms with Gasteiger partial charge in [0.25, 0.3) is 11.5 Å². The van der Waals surface area contributed by atoms with Gasteiger partial charge in [0.05, 0.1) is 34.6 Å². The highest BCUT2D eigenvalue weighted by Gasteiger charge is 2.33. The van der Waals surface area contributed by atoms with E-state index in [9.17, 15) is 14.4 Å². The van der Waals surface area contributed by atoms with Gasteiger partial charge in [-0.15, -0.1) is 0 Å². The Kier molecular flexibility index (Phi) is 8.57. The van der Waals surface area contributed by atoms with Gasteiger partial charge in [-0.2, -0.15) is 0 Å². The molecule has 0 saturated heterocycles. The van der Waals surface area contributed by atoms with E-state index in [2.05, 4.69) is 4.99 Å². The molecule has 1 aliphatic rings. The lowest BCUT2D eigenvalue weighted by Gasteiger charge is -2.25. The van der Waals surface area contributed by atoms with Gasteiger partial charge in [-0.3, -0.25) is 14.2 Å². The molecule has 0 spiro atoms. The van der Waals surface area contributed by atoms with Crippen LogP contribution in [-0.4, -0.2) is 35.8 Å². The molecule has 2 N–H and O–H groups in total. The van der Waals surface area contributed by atoms with Gasteiger partial charge in [-0.1, -0.05) is 41.1 Å². The maximum atomic E-state index is 13.8. The normalized spacial score (nSPS) is 15.1. The van der Waals surface area contributed by atoms with Crippen molar-refractivity contribution in [3.8, 4) is 11.5 Å². The van der Waals surface area contributed by atoms with Crippen LogP contribution >= 0.6 is 22.9 Å². The van der Waals surface area contributed by atoms with Crippen LogP contribution in [0.25, 0.3) is 6.08 Å². The van der Waals surface area contributed by atoms with Gasteiger partial charge in [-0.05, 0) is 69.2 Å². The van der Waals surface area contributed by atoms with Crippen LogP contribution in [0.4, 0.5) is 0 Å². The van der Waals surface area contributed by atoms with E-state index in [1.54, 1.807) is 69.3 Å². The number of benzene rings is 2. The Morgan fingerprint density at radius 1 is 1.15 bits per heavy atom. The minimum atomic E-state index is -0.740. The molecule has 0 saturated carbocycles. The van der Waals surface area contributed by atoms with Crippen LogP contribution in [0.5, 0.6) is 11.5 Å². The molecule has 1 aliphatic heterocycles. The fraction of sp³-hybridized carbons (Fsp3) is 0.286. The molecule has 0 fully saturated rings. The molecule has 0 radical (unpaired) electrons. The molecule has 2 aromatic carbocycles. The number of allylic oxidation sites excluding steroid dienone is 1. The standard InChI is InChI=1S/C28H28ClN3O6S/c1-5-36-21-12-17(6-11-20(21)37-14-23(30)33)13-22-26(34)32-25(18-7-9-19(29)10-8-18)24(27(35)38-15(2)3)16(4)31-28(32)39-22/h6-13,15,25H,5,14H2,1-4H3,(H2,30,33). The first-order valence-electron chi connectivity index (χ1n) is 12.3. The zero-order valence-electron chi connectivity index (χ0n) is 21.9. The van der Waals surface area contributed by atoms with E-state index in [0.29, 0.717) is 54.9 Å². The fourth-order valence-corrected chi connectivity index (χ4v) is 5.30. The van der Waals surface area contributed by atoms with Crippen LogP contribution in [0.1, 0.15) is 44.9 Å². The number of thiazole rings is 1. The first-order chi connectivity index (χ1) is 18.6. The number of fused-ring (bicyclic) bond motifs is 1. The summed E-state index contributed by atoms with van der Waals surface area (Å²) in [4.78, 5) is 43.2. The van der Waals surface area contributed by atoms with E-state index >= 15 is 0 Å². The summed E-state index contributed by atoms with van der Waals surface area (Å²) >= 11 is 7.33. The largest absolute Gasteiger partial charge is 0.490 e. The molecular weight excluding hydrogens is 542 g/mol. The van der Waals surface area contributed by atoms with E-state index in [0.717, 1.165) is 0 Å². The van der Waals surface area contributed by atoms with Gasteiger partial charge < -0.3 is 19.9 Å². The number of rotatable bonds is 9. The number of hydrogen-bond acceptors (Lipinski definition) is 8. The third-order valence-electron chi connectivity index (χ3n) is 5.71. The summed E-state index contributed by atoms with van der Waals surface area (Å²) in [5.74, 6) is -0.368. The summed E-state index contributed by atoms with van der Waals surface area (Å²) in [6, 6.07) is 11.4. The number of esters is 1. The Balaban J connectivity index is 1.85. The van der Waals surface area contributed by atoms with Crippen LogP contribution < -0.4 is 30.1 Å². The van der Waals surface area contributed by atoms with Gasteiger partial charge >= 0.3 is 5.97 Å². The van der Waals surface area contributed by atoms with Gasteiger partial charge in [0.2, 0.25) is 0 Å². The molecule has 39 heavy (non-hydrogen) atoms. The molecule has 204 valence electrons. The zero-order valence-corrected chi connectivity index (χ0v) is 23.5. The molecule has 1 aromatic heterocycles. The number of aromatic nitrogens is 1. The average molecular weight is 570 g/mol. The molecule has 1 amide bonds. The molecule has 3 aromatic rings. The summed E-state index contributed by atoms with van der Waals surface area (Å²) in [6.07, 6.45) is 1.37. The maximum Gasteiger partial charge on any atom is 0.338 e. The Morgan fingerprint density at radius 2 is 1.87 bits per heavy atom. The zero-order chi connectivity index (χ0) is 28.3. The summed E-state index contributed by atoms with van der Waals surface area (Å²) in [7, 11) is 0. The van der Waals surface area contributed by atoms with Crippen LogP contribution in [-0.2, 0) is 14.3 Å². The topological polar surface area (TPSA) is 122 Å². The van der Waals surface area contributed by atoms with Crippen molar-refractivity contribution in [2.45, 2.75) is 39.8 Å². The lowest BCUT2D eigenvalue weighted by molar-refractivity contribution is -0.143. The van der Waals surface area contributed by atoms with Crippen molar-refractivity contribution in [2.24, 2.45) is 10.7 Å². The average Bonchev–Trinajstić information content (AvgIpc) is 3.17. The first-order valence-corrected chi connectivity index (χ1v) is 13.5.